The van der Waals surface area contributed by atoms with Crippen LogP contribution in [0.15, 0.2) is 47.5 Å². The van der Waals surface area contributed by atoms with Crippen molar-refractivity contribution < 1.29 is 9.53 Å². The zero-order valence-corrected chi connectivity index (χ0v) is 11.9. The van der Waals surface area contributed by atoms with Crippen LogP contribution >= 0.6 is 11.8 Å². The average molecular weight is 286 g/mol. The number of rotatable bonds is 2. The van der Waals surface area contributed by atoms with Crippen LogP contribution in [0.1, 0.15) is 10.4 Å². The normalized spacial score (nSPS) is 13.8. The first-order chi connectivity index (χ1) is 9.81. The Balaban J connectivity index is 2.00. The molecule has 0 radical (unpaired) electrons. The molecular formula is C15H14N2O2S. The third kappa shape index (κ3) is 2.25. The van der Waals surface area contributed by atoms with Gasteiger partial charge >= 0.3 is 0 Å². The van der Waals surface area contributed by atoms with Gasteiger partial charge in [0.05, 0.1) is 12.8 Å². The first-order valence-corrected chi connectivity index (χ1v) is 7.32. The van der Waals surface area contributed by atoms with Crippen LogP contribution in [0.3, 0.4) is 0 Å². The number of carbonyl (C=O) groups excluding carboxylic acids is 1. The molecule has 0 atom stereocenters. The van der Waals surface area contributed by atoms with Crippen molar-refractivity contribution in [3.8, 4) is 5.88 Å². The second kappa shape index (κ2) is 5.54. The molecule has 0 aliphatic carbocycles. The van der Waals surface area contributed by atoms with Crippen molar-refractivity contribution in [2.45, 2.75) is 4.90 Å². The third-order valence-electron chi connectivity index (χ3n) is 3.17. The van der Waals surface area contributed by atoms with E-state index in [0.29, 0.717) is 18.0 Å². The number of carbonyl (C=O) groups is 1. The van der Waals surface area contributed by atoms with Gasteiger partial charge in [0.15, 0.2) is 0 Å². The van der Waals surface area contributed by atoms with E-state index in [-0.39, 0.29) is 5.91 Å². The summed E-state index contributed by atoms with van der Waals surface area (Å²) in [6.45, 7) is 0.693. The van der Waals surface area contributed by atoms with Gasteiger partial charge in [0.2, 0.25) is 5.88 Å². The van der Waals surface area contributed by atoms with Crippen molar-refractivity contribution in [2.24, 2.45) is 0 Å². The minimum absolute atomic E-state index is 0.0669. The largest absolute Gasteiger partial charge is 0.480 e. The summed E-state index contributed by atoms with van der Waals surface area (Å²) < 4.78 is 5.18. The molecule has 0 saturated heterocycles. The van der Waals surface area contributed by atoms with E-state index >= 15 is 0 Å². The number of hydrogen-bond acceptors (Lipinski definition) is 4. The Morgan fingerprint density at radius 3 is 3.00 bits per heavy atom. The number of thioether (sulfide) groups is 1. The van der Waals surface area contributed by atoms with E-state index in [1.807, 2.05) is 24.3 Å². The molecule has 0 fully saturated rings. The second-order valence-corrected chi connectivity index (χ2v) is 5.47. The smallest absolute Gasteiger partial charge is 0.263 e. The molecule has 0 unspecified atom stereocenters. The molecule has 2 aromatic rings. The number of nitrogens with zero attached hydrogens (tertiary/aromatic N) is 2. The van der Waals surface area contributed by atoms with E-state index in [2.05, 4.69) is 4.98 Å². The lowest BCUT2D eigenvalue weighted by atomic mass is 10.2. The van der Waals surface area contributed by atoms with Gasteiger partial charge < -0.3 is 9.64 Å². The van der Waals surface area contributed by atoms with E-state index in [1.165, 1.54) is 7.11 Å². The molecule has 0 N–H and O–H groups in total. The first kappa shape index (κ1) is 13.0. The zero-order valence-electron chi connectivity index (χ0n) is 11.1. The number of hydrogen-bond donors (Lipinski definition) is 0. The van der Waals surface area contributed by atoms with Gasteiger partial charge in [0, 0.05) is 23.4 Å². The van der Waals surface area contributed by atoms with E-state index < -0.39 is 0 Å². The Hall–Kier alpha value is -2.01. The molecule has 2 heterocycles. The van der Waals surface area contributed by atoms with Crippen LogP contribution in [-0.4, -0.2) is 30.3 Å². The lowest BCUT2D eigenvalue weighted by molar-refractivity contribution is 0.0984. The number of anilines is 1. The van der Waals surface area contributed by atoms with Crippen molar-refractivity contribution in [1.82, 2.24) is 4.98 Å². The molecule has 1 aliphatic heterocycles. The Morgan fingerprint density at radius 2 is 2.15 bits per heavy atom. The molecule has 1 amide bonds. The van der Waals surface area contributed by atoms with Gasteiger partial charge in [-0.15, -0.1) is 11.8 Å². The van der Waals surface area contributed by atoms with Gasteiger partial charge in [0.25, 0.3) is 5.91 Å². The molecule has 5 heteroatoms. The molecule has 3 rings (SSSR count). The molecule has 1 aromatic heterocycles. The van der Waals surface area contributed by atoms with E-state index in [9.17, 15) is 4.79 Å². The summed E-state index contributed by atoms with van der Waals surface area (Å²) >= 11 is 1.77. The van der Waals surface area contributed by atoms with Crippen molar-refractivity contribution in [2.75, 3.05) is 24.3 Å². The Kier molecular flexibility index (Phi) is 3.60. The quantitative estimate of drug-likeness (QED) is 0.851. The summed E-state index contributed by atoms with van der Waals surface area (Å²) in [6.07, 6.45) is 1.62. The molecule has 102 valence electrons. The number of benzene rings is 1. The van der Waals surface area contributed by atoms with Crippen molar-refractivity contribution in [1.29, 1.82) is 0 Å². The monoisotopic (exact) mass is 286 g/mol. The van der Waals surface area contributed by atoms with Gasteiger partial charge in [0.1, 0.15) is 5.56 Å². The summed E-state index contributed by atoms with van der Waals surface area (Å²) in [5.74, 6) is 1.20. The van der Waals surface area contributed by atoms with Crippen LogP contribution in [0, 0.1) is 0 Å². The summed E-state index contributed by atoms with van der Waals surface area (Å²) in [5, 5.41) is 0. The molecular weight excluding hydrogens is 272 g/mol. The Bertz CT molecular complexity index is 645. The number of methoxy groups -OCH3 is 1. The third-order valence-corrected chi connectivity index (χ3v) is 4.21. The Morgan fingerprint density at radius 1 is 1.30 bits per heavy atom. The number of fused-ring (bicyclic) bond motifs is 1. The van der Waals surface area contributed by atoms with Gasteiger partial charge in [-0.3, -0.25) is 4.79 Å². The van der Waals surface area contributed by atoms with Crippen LogP contribution in [0.2, 0.25) is 0 Å². The minimum atomic E-state index is -0.0669. The standard InChI is InChI=1S/C15H14N2O2S/c1-19-14-11(5-4-8-16-14)15(18)17-9-10-20-13-7-3-2-6-12(13)17/h2-8H,9-10H2,1H3. The highest BCUT2D eigenvalue weighted by Crippen LogP contribution is 2.35. The van der Waals surface area contributed by atoms with Crippen molar-refractivity contribution in [3.63, 3.8) is 0 Å². The molecule has 20 heavy (non-hydrogen) atoms. The fourth-order valence-electron chi connectivity index (χ4n) is 2.24. The van der Waals surface area contributed by atoms with Gasteiger partial charge in [-0.2, -0.15) is 0 Å². The highest BCUT2D eigenvalue weighted by atomic mass is 32.2. The van der Waals surface area contributed by atoms with Crippen LogP contribution in [0.25, 0.3) is 0 Å². The molecule has 0 spiro atoms. The van der Waals surface area contributed by atoms with Crippen molar-refractivity contribution >= 4 is 23.4 Å². The summed E-state index contributed by atoms with van der Waals surface area (Å²) in [5.41, 5.74) is 1.45. The lowest BCUT2D eigenvalue weighted by Gasteiger charge is -2.29. The van der Waals surface area contributed by atoms with E-state index in [1.54, 1.807) is 35.0 Å². The number of amides is 1. The highest BCUT2D eigenvalue weighted by Gasteiger charge is 2.25. The lowest BCUT2D eigenvalue weighted by Crippen LogP contribution is -2.35. The predicted molar refractivity (Wildman–Crippen MR) is 79.6 cm³/mol. The van der Waals surface area contributed by atoms with Crippen LogP contribution in [-0.2, 0) is 0 Å². The second-order valence-electron chi connectivity index (χ2n) is 4.33. The summed E-state index contributed by atoms with van der Waals surface area (Å²) in [4.78, 5) is 19.8. The molecule has 1 aliphatic rings. The van der Waals surface area contributed by atoms with E-state index in [0.717, 1.165) is 16.3 Å². The SMILES string of the molecule is COc1ncccc1C(=O)N1CCSc2ccccc21. The first-order valence-electron chi connectivity index (χ1n) is 6.34. The van der Waals surface area contributed by atoms with Crippen molar-refractivity contribution in [3.05, 3.63) is 48.2 Å². The van der Waals surface area contributed by atoms with Crippen LogP contribution in [0.4, 0.5) is 5.69 Å². The van der Waals surface area contributed by atoms with Gasteiger partial charge in [-0.1, -0.05) is 12.1 Å². The fourth-order valence-corrected chi connectivity index (χ4v) is 3.24. The van der Waals surface area contributed by atoms with E-state index in [4.69, 9.17) is 4.74 Å². The Labute approximate surface area is 121 Å². The average Bonchev–Trinajstić information content (AvgIpc) is 2.53. The predicted octanol–water partition coefficient (Wildman–Crippen LogP) is 2.84. The highest BCUT2D eigenvalue weighted by molar-refractivity contribution is 7.99. The number of para-hydroxylation sites is 1. The molecule has 4 nitrogen and oxygen atoms in total. The van der Waals surface area contributed by atoms with Gasteiger partial charge in [-0.05, 0) is 24.3 Å². The zero-order chi connectivity index (χ0) is 13.9. The fraction of sp³-hybridized carbons (Fsp3) is 0.200. The topological polar surface area (TPSA) is 42.4 Å². The number of ether oxygens (including phenoxy) is 1. The number of aromatic nitrogens is 1. The summed E-state index contributed by atoms with van der Waals surface area (Å²) in [7, 11) is 1.53. The maximum atomic E-state index is 12.7. The minimum Gasteiger partial charge on any atom is -0.480 e. The molecule has 0 saturated carbocycles. The molecule has 1 aromatic carbocycles. The van der Waals surface area contributed by atoms with Crippen LogP contribution < -0.4 is 9.64 Å². The maximum absolute atomic E-state index is 12.7. The molecule has 0 bridgehead atoms. The maximum Gasteiger partial charge on any atom is 0.263 e. The van der Waals surface area contributed by atoms with Crippen LogP contribution in [0.5, 0.6) is 5.88 Å². The number of pyridine rings is 1. The van der Waals surface area contributed by atoms with Gasteiger partial charge in [-0.25, -0.2) is 4.98 Å². The summed E-state index contributed by atoms with van der Waals surface area (Å²) in [6, 6.07) is 11.5.